The highest BCUT2D eigenvalue weighted by atomic mass is 19.1. The van der Waals surface area contributed by atoms with Gasteiger partial charge in [-0.15, -0.1) is 0 Å². The summed E-state index contributed by atoms with van der Waals surface area (Å²) in [5.74, 6) is -0.570. The van der Waals surface area contributed by atoms with Gasteiger partial charge >= 0.3 is 12.8 Å². The van der Waals surface area contributed by atoms with Crippen molar-refractivity contribution in [1.82, 2.24) is 9.13 Å². The molecular weight excluding hydrogens is 238 g/mol. The number of rotatable bonds is 3. The van der Waals surface area contributed by atoms with Crippen molar-refractivity contribution < 1.29 is 14.4 Å². The molecule has 0 saturated heterocycles. The zero-order valence-electron chi connectivity index (χ0n) is 9.75. The van der Waals surface area contributed by atoms with Crippen molar-refractivity contribution in [1.29, 1.82) is 0 Å². The highest BCUT2D eigenvalue weighted by Crippen LogP contribution is 2.04. The minimum absolute atomic E-state index is 0.0639. The molecule has 1 aromatic heterocycles. The van der Waals surface area contributed by atoms with E-state index in [1.807, 2.05) is 0 Å². The average molecular weight is 250 g/mol. The summed E-state index contributed by atoms with van der Waals surface area (Å²) in [5, 5.41) is 18.0. The molecule has 18 heavy (non-hydrogen) atoms. The zero-order chi connectivity index (χ0) is 13.3. The quantitative estimate of drug-likeness (QED) is 0.690. The fourth-order valence-corrected chi connectivity index (χ4v) is 1.74. The molecule has 2 N–H and O–H groups in total. The van der Waals surface area contributed by atoms with Crippen LogP contribution in [0, 0.1) is 5.82 Å². The monoisotopic (exact) mass is 250 g/mol. The Labute approximate surface area is 103 Å². The minimum atomic E-state index is -1.73. The van der Waals surface area contributed by atoms with Crippen LogP contribution in [-0.2, 0) is 13.6 Å². The largest absolute Gasteiger partial charge is 0.488 e. The molecule has 7 heteroatoms. The normalized spacial score (nSPS) is 10.7. The topological polar surface area (TPSA) is 67.4 Å². The van der Waals surface area contributed by atoms with E-state index < -0.39 is 12.9 Å². The third-order valence-corrected chi connectivity index (χ3v) is 2.65. The van der Waals surface area contributed by atoms with Gasteiger partial charge in [0.25, 0.3) is 0 Å². The lowest BCUT2D eigenvalue weighted by Crippen LogP contribution is -2.31. The number of hydrogen-bond donors (Lipinski definition) is 2. The van der Waals surface area contributed by atoms with Gasteiger partial charge < -0.3 is 14.6 Å². The smallest absolute Gasteiger partial charge is 0.423 e. The number of imidazole rings is 1. The van der Waals surface area contributed by atoms with Crippen LogP contribution < -0.4 is 11.2 Å². The maximum absolute atomic E-state index is 13.3. The second-order valence-corrected chi connectivity index (χ2v) is 4.09. The summed E-state index contributed by atoms with van der Waals surface area (Å²) in [6.07, 6.45) is 3.19. The Morgan fingerprint density at radius 2 is 2.00 bits per heavy atom. The number of aromatic nitrogens is 2. The van der Waals surface area contributed by atoms with Crippen molar-refractivity contribution in [2.75, 3.05) is 0 Å². The molecule has 2 rings (SSSR count). The van der Waals surface area contributed by atoms with Crippen LogP contribution in [0.5, 0.6) is 0 Å². The Hall–Kier alpha value is -1.86. The summed E-state index contributed by atoms with van der Waals surface area (Å²) >= 11 is 0. The van der Waals surface area contributed by atoms with E-state index in [0.29, 0.717) is 5.56 Å². The summed E-state index contributed by atoms with van der Waals surface area (Å²) in [6, 6.07) is 3.75. The van der Waals surface area contributed by atoms with Gasteiger partial charge in [0, 0.05) is 19.4 Å². The second-order valence-electron chi connectivity index (χ2n) is 4.09. The van der Waals surface area contributed by atoms with Crippen molar-refractivity contribution in [3.8, 4) is 0 Å². The van der Waals surface area contributed by atoms with Crippen molar-refractivity contribution in [2.45, 2.75) is 6.54 Å². The summed E-state index contributed by atoms with van der Waals surface area (Å²) in [6.45, 7) is 0.178. The zero-order valence-corrected chi connectivity index (χ0v) is 9.75. The molecule has 0 aliphatic rings. The van der Waals surface area contributed by atoms with Crippen LogP contribution in [0.3, 0.4) is 0 Å². The first-order valence-electron chi connectivity index (χ1n) is 5.34. The van der Waals surface area contributed by atoms with Crippen molar-refractivity contribution in [3.05, 3.63) is 52.5 Å². The minimum Gasteiger partial charge on any atom is -0.423 e. The van der Waals surface area contributed by atoms with E-state index in [1.165, 1.54) is 21.3 Å². The first-order valence-corrected chi connectivity index (χ1v) is 5.34. The van der Waals surface area contributed by atoms with Crippen molar-refractivity contribution in [3.63, 3.8) is 0 Å². The van der Waals surface area contributed by atoms with Crippen molar-refractivity contribution >= 4 is 12.6 Å². The van der Waals surface area contributed by atoms with E-state index in [-0.39, 0.29) is 17.7 Å². The Balaban J connectivity index is 2.35. The number of nitrogens with zero attached hydrogens (tertiary/aromatic N) is 2. The molecule has 0 amide bonds. The van der Waals surface area contributed by atoms with Gasteiger partial charge in [-0.05, 0) is 23.2 Å². The predicted molar refractivity (Wildman–Crippen MR) is 65.0 cm³/mol. The van der Waals surface area contributed by atoms with Crippen LogP contribution in [0.2, 0.25) is 0 Å². The predicted octanol–water partition coefficient (Wildman–Crippen LogP) is -0.946. The molecule has 0 radical (unpaired) electrons. The number of halogens is 1. The van der Waals surface area contributed by atoms with E-state index in [1.54, 1.807) is 19.4 Å². The van der Waals surface area contributed by atoms with E-state index in [0.717, 1.165) is 6.07 Å². The summed E-state index contributed by atoms with van der Waals surface area (Å²) < 4.78 is 16.1. The molecular formula is C11H12BFN2O3. The third-order valence-electron chi connectivity index (χ3n) is 2.65. The summed E-state index contributed by atoms with van der Waals surface area (Å²) in [5.41, 5.74) is 0.339. The van der Waals surface area contributed by atoms with Crippen LogP contribution in [-0.4, -0.2) is 26.3 Å². The molecule has 0 fully saturated rings. The number of aryl methyl sites for hydroxylation is 1. The number of hydrogen-bond acceptors (Lipinski definition) is 3. The molecule has 1 heterocycles. The molecule has 0 saturated carbocycles. The lowest BCUT2D eigenvalue weighted by Gasteiger charge is -2.06. The Morgan fingerprint density at radius 1 is 1.28 bits per heavy atom. The summed E-state index contributed by atoms with van der Waals surface area (Å²) in [4.78, 5) is 11.6. The molecule has 0 aliphatic heterocycles. The Kier molecular flexibility index (Phi) is 3.35. The lowest BCUT2D eigenvalue weighted by molar-refractivity contribution is 0.425. The van der Waals surface area contributed by atoms with E-state index in [4.69, 9.17) is 10.0 Å². The van der Waals surface area contributed by atoms with Crippen LogP contribution in [0.4, 0.5) is 4.39 Å². The molecule has 0 aliphatic carbocycles. The highest BCUT2D eigenvalue weighted by molar-refractivity contribution is 6.58. The third kappa shape index (κ3) is 2.52. The summed E-state index contributed by atoms with van der Waals surface area (Å²) in [7, 11) is -0.111. The van der Waals surface area contributed by atoms with Gasteiger partial charge in [0.05, 0.1) is 6.54 Å². The fourth-order valence-electron chi connectivity index (χ4n) is 1.74. The number of benzene rings is 1. The maximum Gasteiger partial charge on any atom is 0.488 e. The molecule has 2 aromatic rings. The van der Waals surface area contributed by atoms with Gasteiger partial charge in [-0.25, -0.2) is 9.18 Å². The molecule has 0 atom stereocenters. The molecule has 0 unspecified atom stereocenters. The first kappa shape index (κ1) is 12.6. The van der Waals surface area contributed by atoms with Crippen LogP contribution in [0.1, 0.15) is 5.56 Å². The second kappa shape index (κ2) is 4.79. The molecule has 0 bridgehead atoms. The van der Waals surface area contributed by atoms with E-state index >= 15 is 0 Å². The van der Waals surface area contributed by atoms with E-state index in [9.17, 15) is 9.18 Å². The Morgan fingerprint density at radius 3 is 2.56 bits per heavy atom. The lowest BCUT2D eigenvalue weighted by atomic mass is 9.79. The van der Waals surface area contributed by atoms with Crippen LogP contribution in [0.25, 0.3) is 0 Å². The molecule has 0 spiro atoms. The van der Waals surface area contributed by atoms with Gasteiger partial charge in [-0.2, -0.15) is 0 Å². The average Bonchev–Trinajstić information content (AvgIpc) is 2.60. The molecule has 5 nitrogen and oxygen atoms in total. The van der Waals surface area contributed by atoms with Crippen LogP contribution in [0.15, 0.2) is 35.4 Å². The standard InChI is InChI=1S/C11H12BFN2O3/c1-14-2-3-15(11(14)16)7-8-4-9(12(17)18)6-10(13)5-8/h2-6,17-18H,7H2,1H3. The van der Waals surface area contributed by atoms with E-state index in [2.05, 4.69) is 0 Å². The van der Waals surface area contributed by atoms with Gasteiger partial charge in [0.1, 0.15) is 5.82 Å². The first-order chi connectivity index (χ1) is 8.47. The van der Waals surface area contributed by atoms with Gasteiger partial charge in [0.15, 0.2) is 0 Å². The molecule has 1 aromatic carbocycles. The van der Waals surface area contributed by atoms with Gasteiger partial charge in [-0.1, -0.05) is 6.07 Å². The highest BCUT2D eigenvalue weighted by Gasteiger charge is 2.13. The SMILES string of the molecule is Cn1ccn(Cc2cc(F)cc(B(O)O)c2)c1=O. The van der Waals surface area contributed by atoms with Crippen LogP contribution >= 0.6 is 0 Å². The van der Waals surface area contributed by atoms with Gasteiger partial charge in [-0.3, -0.25) is 4.57 Å². The fraction of sp³-hybridized carbons (Fsp3) is 0.182. The molecule has 94 valence electrons. The van der Waals surface area contributed by atoms with Crippen molar-refractivity contribution in [2.24, 2.45) is 7.05 Å². The van der Waals surface area contributed by atoms with Gasteiger partial charge in [0.2, 0.25) is 0 Å². The Bertz CT molecular complexity index is 621. The maximum atomic E-state index is 13.3.